The lowest BCUT2D eigenvalue weighted by Gasteiger charge is -2.13. The predicted octanol–water partition coefficient (Wildman–Crippen LogP) is 4.26. The molecule has 0 radical (unpaired) electrons. The maximum Gasteiger partial charge on any atom is 0.0341 e. The lowest BCUT2D eigenvalue weighted by molar-refractivity contribution is 1.25. The zero-order valence-electron chi connectivity index (χ0n) is 10.1. The van der Waals surface area contributed by atoms with Gasteiger partial charge in [0.2, 0.25) is 0 Å². The van der Waals surface area contributed by atoms with Crippen LogP contribution in [0.1, 0.15) is 33.4 Å². The molecular formula is C15H9Cl3. The summed E-state index contributed by atoms with van der Waals surface area (Å²) in [7, 11) is 0. The number of benzene rings is 1. The van der Waals surface area contributed by atoms with Crippen molar-refractivity contribution in [2.24, 2.45) is 0 Å². The summed E-state index contributed by atoms with van der Waals surface area (Å²) in [6.07, 6.45) is 0. The van der Waals surface area contributed by atoms with E-state index < -0.39 is 0 Å². The largest absolute Gasteiger partial charge is 0.0490 e. The molecule has 0 spiro atoms. The van der Waals surface area contributed by atoms with Crippen molar-refractivity contribution in [3.63, 3.8) is 0 Å². The van der Waals surface area contributed by atoms with Crippen LogP contribution < -0.4 is 0 Å². The average Bonchev–Trinajstić information content (AvgIpc) is 2.35. The molecule has 0 saturated carbocycles. The first-order valence-corrected chi connectivity index (χ1v) is 6.20. The highest BCUT2D eigenvalue weighted by atomic mass is 35.5. The van der Waals surface area contributed by atoms with Crippen molar-refractivity contribution in [2.45, 2.75) is 20.8 Å². The van der Waals surface area contributed by atoms with Gasteiger partial charge in [-0.25, -0.2) is 0 Å². The van der Waals surface area contributed by atoms with Crippen LogP contribution in [-0.4, -0.2) is 0 Å². The molecule has 1 aromatic rings. The van der Waals surface area contributed by atoms with Gasteiger partial charge in [-0.05, 0) is 90.0 Å². The third-order valence-electron chi connectivity index (χ3n) is 2.77. The Morgan fingerprint density at radius 2 is 0.778 bits per heavy atom. The maximum absolute atomic E-state index is 5.49. The van der Waals surface area contributed by atoms with Crippen molar-refractivity contribution in [2.75, 3.05) is 0 Å². The molecule has 0 aliphatic rings. The highest BCUT2D eigenvalue weighted by Crippen LogP contribution is 2.26. The van der Waals surface area contributed by atoms with Gasteiger partial charge in [0.15, 0.2) is 0 Å². The van der Waals surface area contributed by atoms with Crippen LogP contribution >= 0.6 is 34.8 Å². The molecule has 0 unspecified atom stereocenters. The first kappa shape index (κ1) is 14.8. The van der Waals surface area contributed by atoms with Gasteiger partial charge in [0.25, 0.3) is 0 Å². The van der Waals surface area contributed by atoms with Gasteiger partial charge in [-0.15, -0.1) is 0 Å². The van der Waals surface area contributed by atoms with Gasteiger partial charge in [0.1, 0.15) is 0 Å². The normalized spacial score (nSPS) is 8.33. The van der Waals surface area contributed by atoms with Crippen molar-refractivity contribution in [3.8, 4) is 33.9 Å². The van der Waals surface area contributed by atoms with Gasteiger partial charge in [0.05, 0.1) is 0 Å². The second kappa shape index (κ2) is 6.64. The Balaban J connectivity index is 3.87. The van der Waals surface area contributed by atoms with E-state index in [-0.39, 0.29) is 0 Å². The second-order valence-corrected chi connectivity index (χ2v) is 4.23. The maximum atomic E-state index is 5.49. The molecule has 0 bridgehead atoms. The average molecular weight is 296 g/mol. The standard InChI is InChI=1S/C15H9Cl3/c1-10-13(4-7-16)11(2)15(6-9-18)12(3)14(10)5-8-17/h1-3H3. The summed E-state index contributed by atoms with van der Waals surface area (Å²) in [5, 5.41) is 7.15. The summed E-state index contributed by atoms with van der Waals surface area (Å²) in [5.74, 6) is 8.59. The molecule has 0 atom stereocenters. The summed E-state index contributed by atoms with van der Waals surface area (Å²) in [6.45, 7) is 5.81. The second-order valence-electron chi connectivity index (χ2n) is 3.66. The molecule has 0 aliphatic heterocycles. The van der Waals surface area contributed by atoms with Crippen molar-refractivity contribution in [3.05, 3.63) is 33.4 Å². The first-order chi connectivity index (χ1) is 8.58. The molecule has 0 aliphatic carbocycles. The fourth-order valence-corrected chi connectivity index (χ4v) is 2.21. The predicted molar refractivity (Wildman–Crippen MR) is 78.8 cm³/mol. The molecule has 18 heavy (non-hydrogen) atoms. The summed E-state index contributed by atoms with van der Waals surface area (Å²) >= 11 is 16.5. The van der Waals surface area contributed by atoms with E-state index in [1.807, 2.05) is 20.8 Å². The lowest BCUT2D eigenvalue weighted by Crippen LogP contribution is -2.01. The van der Waals surface area contributed by atoms with Crippen LogP contribution in [0, 0.1) is 54.7 Å². The van der Waals surface area contributed by atoms with E-state index in [9.17, 15) is 0 Å². The zero-order chi connectivity index (χ0) is 13.7. The molecule has 0 nitrogen and oxygen atoms in total. The minimum Gasteiger partial charge on any atom is -0.0490 e. The number of rotatable bonds is 0. The molecule has 90 valence electrons. The Morgan fingerprint density at radius 1 is 0.556 bits per heavy atom. The quantitative estimate of drug-likeness (QED) is 0.628. The summed E-state index contributed by atoms with van der Waals surface area (Å²) in [6, 6.07) is 0. The lowest BCUT2D eigenvalue weighted by atomic mass is 9.89. The Morgan fingerprint density at radius 3 is 0.944 bits per heavy atom. The zero-order valence-corrected chi connectivity index (χ0v) is 12.4. The molecule has 0 heterocycles. The number of halogens is 3. The fraction of sp³-hybridized carbons (Fsp3) is 0.200. The third-order valence-corrected chi connectivity index (χ3v) is 3.05. The van der Waals surface area contributed by atoms with Crippen LogP contribution in [0.15, 0.2) is 0 Å². The van der Waals surface area contributed by atoms with Crippen LogP contribution in [-0.2, 0) is 0 Å². The minimum absolute atomic E-state index is 0.819. The van der Waals surface area contributed by atoms with Crippen molar-refractivity contribution >= 4 is 34.8 Å². The highest BCUT2D eigenvalue weighted by molar-refractivity contribution is 6.31. The fourth-order valence-electron chi connectivity index (χ4n) is 1.92. The molecule has 0 saturated heterocycles. The van der Waals surface area contributed by atoms with Crippen LogP contribution in [0.25, 0.3) is 0 Å². The Bertz CT molecular complexity index is 549. The van der Waals surface area contributed by atoms with E-state index in [4.69, 9.17) is 34.8 Å². The molecule has 0 aromatic heterocycles. The first-order valence-electron chi connectivity index (χ1n) is 5.07. The Kier molecular flexibility index (Phi) is 5.47. The van der Waals surface area contributed by atoms with E-state index in [1.165, 1.54) is 0 Å². The van der Waals surface area contributed by atoms with E-state index in [2.05, 4.69) is 33.9 Å². The molecule has 0 N–H and O–H groups in total. The third kappa shape index (κ3) is 2.77. The Hall–Kier alpha value is -1.23. The van der Waals surface area contributed by atoms with Gasteiger partial charge in [-0.2, -0.15) is 0 Å². The van der Waals surface area contributed by atoms with Crippen LogP contribution in [0.4, 0.5) is 0 Å². The van der Waals surface area contributed by atoms with Crippen LogP contribution in [0.3, 0.4) is 0 Å². The molecule has 3 heteroatoms. The molecule has 0 fully saturated rings. The van der Waals surface area contributed by atoms with Gasteiger partial charge >= 0.3 is 0 Å². The molecule has 0 amide bonds. The number of hydrogen-bond acceptors (Lipinski definition) is 0. The summed E-state index contributed by atoms with van der Waals surface area (Å²) in [4.78, 5) is 0. The van der Waals surface area contributed by atoms with Crippen molar-refractivity contribution < 1.29 is 0 Å². The number of hydrogen-bond donors (Lipinski definition) is 0. The van der Waals surface area contributed by atoms with Gasteiger partial charge in [-0.1, -0.05) is 0 Å². The van der Waals surface area contributed by atoms with E-state index in [0.29, 0.717) is 0 Å². The Labute approximate surface area is 123 Å². The molecule has 1 aromatic carbocycles. The van der Waals surface area contributed by atoms with E-state index >= 15 is 0 Å². The summed E-state index contributed by atoms with van der Waals surface area (Å²) < 4.78 is 0. The van der Waals surface area contributed by atoms with E-state index in [1.54, 1.807) is 0 Å². The van der Waals surface area contributed by atoms with Gasteiger partial charge < -0.3 is 0 Å². The summed E-state index contributed by atoms with van der Waals surface area (Å²) in [5.41, 5.74) is 5.31. The van der Waals surface area contributed by atoms with Crippen molar-refractivity contribution in [1.82, 2.24) is 0 Å². The van der Waals surface area contributed by atoms with Crippen LogP contribution in [0.5, 0.6) is 0 Å². The minimum atomic E-state index is 0.819. The molecule has 1 rings (SSSR count). The van der Waals surface area contributed by atoms with Crippen LogP contribution in [0.2, 0.25) is 0 Å². The monoisotopic (exact) mass is 294 g/mol. The topological polar surface area (TPSA) is 0 Å². The highest BCUT2D eigenvalue weighted by Gasteiger charge is 2.13. The van der Waals surface area contributed by atoms with Gasteiger partial charge in [0, 0.05) is 32.8 Å². The van der Waals surface area contributed by atoms with Crippen molar-refractivity contribution in [1.29, 1.82) is 0 Å². The molecular weight excluding hydrogens is 287 g/mol. The smallest absolute Gasteiger partial charge is 0.0341 e. The van der Waals surface area contributed by atoms with E-state index in [0.717, 1.165) is 33.4 Å². The SMILES string of the molecule is Cc1c(C#CCl)c(C)c(C#CCl)c(C)c1C#CCl. The van der Waals surface area contributed by atoms with Gasteiger partial charge in [-0.3, -0.25) is 0 Å².